The molecule has 0 aromatic rings. The van der Waals surface area contributed by atoms with E-state index >= 15 is 0 Å². The van der Waals surface area contributed by atoms with Gasteiger partial charge in [-0.05, 0) is 52.4 Å². The van der Waals surface area contributed by atoms with Crippen LogP contribution in [0.1, 0.15) is 113 Å². The zero-order valence-corrected chi connectivity index (χ0v) is 32.3. The molecule has 44 heavy (non-hydrogen) atoms. The molecule has 3 atom stereocenters. The molecule has 0 radical (unpaired) electrons. The molecule has 0 amide bonds. The molecule has 0 aliphatic heterocycles. The summed E-state index contributed by atoms with van der Waals surface area (Å²) in [5.74, 6) is -1.74. The van der Waals surface area contributed by atoms with Crippen LogP contribution in [-0.4, -0.2) is 80.0 Å². The fourth-order valence-corrected chi connectivity index (χ4v) is 3.66. The average Bonchev–Trinajstić information content (AvgIpc) is 2.97. The van der Waals surface area contributed by atoms with Gasteiger partial charge in [-0.3, -0.25) is 9.59 Å². The molecule has 2 N–H and O–H groups in total. The number of hydrogen-bond donors (Lipinski definition) is 2. The van der Waals surface area contributed by atoms with E-state index < -0.39 is 33.7 Å². The summed E-state index contributed by atoms with van der Waals surface area (Å²) >= 11 is 0. The van der Waals surface area contributed by atoms with E-state index in [0.717, 1.165) is 64.6 Å². The molecule has 0 spiro atoms. The van der Waals surface area contributed by atoms with Gasteiger partial charge in [0.25, 0.3) is 0 Å². The minimum absolute atomic E-state index is 0. The Kier molecular flexibility index (Phi) is 56.0. The quantitative estimate of drug-likeness (QED) is 0.0909. The van der Waals surface area contributed by atoms with Crippen LogP contribution in [0.15, 0.2) is 25.3 Å². The van der Waals surface area contributed by atoms with Crippen LogP contribution < -0.4 is 29.6 Å². The van der Waals surface area contributed by atoms with Gasteiger partial charge in [-0.2, -0.15) is 0 Å². The zero-order chi connectivity index (χ0) is 34.5. The predicted octanol–water partition coefficient (Wildman–Crippen LogP) is 3.21. The minimum atomic E-state index is -5.01. The van der Waals surface area contributed by atoms with E-state index in [0.29, 0.717) is 0 Å². The molecule has 0 saturated carbocycles. The average molecular weight is 665 g/mol. The Morgan fingerprint density at radius 1 is 0.795 bits per heavy atom. The predicted molar refractivity (Wildman–Crippen MR) is 175 cm³/mol. The van der Waals surface area contributed by atoms with Gasteiger partial charge in [0.15, 0.2) is 5.25 Å². The Morgan fingerprint density at radius 2 is 1.16 bits per heavy atom. The number of aliphatic hydroxyl groups is 2. The van der Waals surface area contributed by atoms with Crippen molar-refractivity contribution in [1.82, 2.24) is 0 Å². The molecule has 10 nitrogen and oxygen atoms in total. The molecule has 0 rings (SSSR count). The first-order chi connectivity index (χ1) is 20.3. The number of allylic oxidation sites excluding steroid dienone is 2. The molecular weight excluding hydrogens is 599 g/mol. The van der Waals surface area contributed by atoms with E-state index in [2.05, 4.69) is 27.0 Å². The fourth-order valence-electron chi connectivity index (χ4n) is 3.02. The first kappa shape index (κ1) is 55.6. The van der Waals surface area contributed by atoms with Crippen molar-refractivity contribution in [3.05, 3.63) is 25.3 Å². The SMILES string of the molecule is C=CC.C=CC.CCCCC(CC)COC(=O)CC(C(=O)OCC(CC)CCCC)S(=O)(=O)[O-].CCOCC.OCCO.[Na+]. The molecule has 0 aromatic carbocycles. The second kappa shape index (κ2) is 44.3. The normalized spacial score (nSPS) is 11.7. The topological polar surface area (TPSA) is 159 Å². The molecule has 260 valence electrons. The van der Waals surface area contributed by atoms with Gasteiger partial charge in [0, 0.05) is 13.2 Å². The van der Waals surface area contributed by atoms with Crippen molar-refractivity contribution in [2.75, 3.05) is 39.6 Å². The summed E-state index contributed by atoms with van der Waals surface area (Å²) in [5.41, 5.74) is 0. The number of aliphatic hydroxyl groups excluding tert-OH is 2. The third kappa shape index (κ3) is 45.6. The number of carbonyl (C=O) groups excluding carboxylic acids is 2. The molecule has 0 fully saturated rings. The second-order valence-corrected chi connectivity index (χ2v) is 10.9. The molecule has 0 aromatic heterocycles. The molecule has 0 aliphatic rings. The standard InChI is InChI=1S/C20H38O7S.C4H10O.2C3H6.C2H6O2.Na/c1-5-9-11-16(7-3)14-26-19(21)13-18(28(23,24)25)20(22)27-15-17(8-4)12-10-6-2;1-3-5-4-2;2*1-3-2;3-1-2-4;/h16-18H,5-15H2,1-4H3,(H,23,24,25);3-4H2,1-2H3;2*3H,1H2,2H3;3-4H,1-2H2;/q;;;;;+1/p-1. The van der Waals surface area contributed by atoms with Gasteiger partial charge in [-0.25, -0.2) is 8.42 Å². The summed E-state index contributed by atoms with van der Waals surface area (Å²) in [6.45, 7) is 24.2. The van der Waals surface area contributed by atoms with Gasteiger partial charge in [-0.15, -0.1) is 13.2 Å². The summed E-state index contributed by atoms with van der Waals surface area (Å²) in [6.07, 6.45) is 10.1. The van der Waals surface area contributed by atoms with Crippen LogP contribution >= 0.6 is 0 Å². The summed E-state index contributed by atoms with van der Waals surface area (Å²) in [5, 5.41) is 13.2. The maximum absolute atomic E-state index is 12.1. The van der Waals surface area contributed by atoms with Crippen LogP contribution in [0.4, 0.5) is 0 Å². The van der Waals surface area contributed by atoms with Gasteiger partial charge < -0.3 is 29.0 Å². The Balaban J connectivity index is -0.000000186. The number of carbonyl (C=O) groups is 2. The molecule has 0 bridgehead atoms. The Bertz CT molecular complexity index is 708. The van der Waals surface area contributed by atoms with E-state index in [-0.39, 0.29) is 67.8 Å². The monoisotopic (exact) mass is 664 g/mol. The van der Waals surface area contributed by atoms with Crippen LogP contribution in [0.3, 0.4) is 0 Å². The number of rotatable bonds is 19. The third-order valence-corrected chi connectivity index (χ3v) is 6.56. The number of hydrogen-bond acceptors (Lipinski definition) is 10. The van der Waals surface area contributed by atoms with Crippen molar-refractivity contribution < 1.29 is 76.5 Å². The molecule has 3 unspecified atom stereocenters. The van der Waals surface area contributed by atoms with Crippen molar-refractivity contribution in [3.8, 4) is 0 Å². The van der Waals surface area contributed by atoms with Crippen LogP contribution in [-0.2, 0) is 33.9 Å². The number of esters is 2. The van der Waals surface area contributed by atoms with Gasteiger partial charge in [0.1, 0.15) is 10.1 Å². The number of unbranched alkanes of at least 4 members (excludes halogenated alkanes) is 2. The summed E-state index contributed by atoms with van der Waals surface area (Å²) in [7, 11) is -5.01. The zero-order valence-electron chi connectivity index (χ0n) is 29.5. The second-order valence-electron chi connectivity index (χ2n) is 9.38. The molecule has 0 aliphatic carbocycles. The van der Waals surface area contributed by atoms with Crippen molar-refractivity contribution in [2.45, 2.75) is 118 Å². The molecular formula is C32H65NaO10S. The Hall–Kier alpha value is -0.790. The first-order valence-electron chi connectivity index (χ1n) is 15.6. The van der Waals surface area contributed by atoms with Crippen LogP contribution in [0, 0.1) is 11.8 Å². The minimum Gasteiger partial charge on any atom is -0.747 e. The largest absolute Gasteiger partial charge is 1.00 e. The Morgan fingerprint density at radius 3 is 1.41 bits per heavy atom. The van der Waals surface area contributed by atoms with Crippen molar-refractivity contribution in [1.29, 1.82) is 0 Å². The summed E-state index contributed by atoms with van der Waals surface area (Å²) in [4.78, 5) is 24.1. The molecule has 0 saturated heterocycles. The van der Waals surface area contributed by atoms with Crippen molar-refractivity contribution in [2.24, 2.45) is 11.8 Å². The smallest absolute Gasteiger partial charge is 0.747 e. The fraction of sp³-hybridized carbons (Fsp3) is 0.812. The maximum Gasteiger partial charge on any atom is 1.00 e. The van der Waals surface area contributed by atoms with Gasteiger partial charge in [0.05, 0.1) is 32.8 Å². The van der Waals surface area contributed by atoms with E-state index in [1.54, 1.807) is 12.2 Å². The van der Waals surface area contributed by atoms with Gasteiger partial charge >= 0.3 is 41.5 Å². The van der Waals surface area contributed by atoms with Crippen molar-refractivity contribution >= 4 is 22.1 Å². The van der Waals surface area contributed by atoms with Crippen LogP contribution in [0.25, 0.3) is 0 Å². The third-order valence-electron chi connectivity index (χ3n) is 5.50. The van der Waals surface area contributed by atoms with E-state index in [1.807, 2.05) is 41.5 Å². The Labute approximate surface area is 292 Å². The molecule has 12 heteroatoms. The van der Waals surface area contributed by atoms with Gasteiger partial charge in [-0.1, -0.05) is 78.4 Å². The molecule has 0 heterocycles. The van der Waals surface area contributed by atoms with Crippen LogP contribution in [0.2, 0.25) is 0 Å². The number of ether oxygens (including phenoxy) is 3. The van der Waals surface area contributed by atoms with Gasteiger partial charge in [0.2, 0.25) is 0 Å². The summed E-state index contributed by atoms with van der Waals surface area (Å²) < 4.78 is 49.4. The van der Waals surface area contributed by atoms with Crippen LogP contribution in [0.5, 0.6) is 0 Å². The van der Waals surface area contributed by atoms with E-state index in [9.17, 15) is 22.6 Å². The van der Waals surface area contributed by atoms with Crippen molar-refractivity contribution in [3.63, 3.8) is 0 Å². The maximum atomic E-state index is 12.1. The first-order valence-corrected chi connectivity index (χ1v) is 17.0. The van der Waals surface area contributed by atoms with E-state index in [1.165, 1.54) is 0 Å². The summed E-state index contributed by atoms with van der Waals surface area (Å²) in [6, 6.07) is 0. The van der Waals surface area contributed by atoms with E-state index in [4.69, 9.17) is 24.4 Å².